The fourth-order valence-electron chi connectivity index (χ4n) is 1.27. The second-order valence-electron chi connectivity index (χ2n) is 4.72. The van der Waals surface area contributed by atoms with Gasteiger partial charge in [0, 0.05) is 5.33 Å². The SMILES string of the molecule is CC(C)(C)OC(=O)C1(CCBr)CC1. The highest BCUT2D eigenvalue weighted by Crippen LogP contribution is 2.50. The van der Waals surface area contributed by atoms with Crippen molar-refractivity contribution in [1.82, 2.24) is 0 Å². The van der Waals surface area contributed by atoms with Crippen molar-refractivity contribution in [1.29, 1.82) is 0 Å². The van der Waals surface area contributed by atoms with Crippen molar-refractivity contribution in [2.24, 2.45) is 5.41 Å². The lowest BCUT2D eigenvalue weighted by atomic mass is 10.0. The number of carbonyl (C=O) groups is 1. The first kappa shape index (κ1) is 11.0. The van der Waals surface area contributed by atoms with Crippen molar-refractivity contribution < 1.29 is 9.53 Å². The van der Waals surface area contributed by atoms with Gasteiger partial charge in [-0.05, 0) is 40.0 Å². The summed E-state index contributed by atoms with van der Waals surface area (Å²) in [6.07, 6.45) is 2.89. The smallest absolute Gasteiger partial charge is 0.312 e. The minimum atomic E-state index is -0.348. The molecule has 2 nitrogen and oxygen atoms in total. The van der Waals surface area contributed by atoms with Crippen molar-refractivity contribution in [3.63, 3.8) is 0 Å². The average molecular weight is 249 g/mol. The van der Waals surface area contributed by atoms with E-state index >= 15 is 0 Å². The number of esters is 1. The van der Waals surface area contributed by atoms with E-state index in [-0.39, 0.29) is 17.0 Å². The largest absolute Gasteiger partial charge is 0.460 e. The van der Waals surface area contributed by atoms with E-state index in [0.29, 0.717) is 0 Å². The molecule has 0 N–H and O–H groups in total. The summed E-state index contributed by atoms with van der Waals surface area (Å²) >= 11 is 3.37. The number of alkyl halides is 1. The number of halogens is 1. The van der Waals surface area contributed by atoms with Crippen LogP contribution in [0.2, 0.25) is 0 Å². The monoisotopic (exact) mass is 248 g/mol. The van der Waals surface area contributed by atoms with Gasteiger partial charge in [0.15, 0.2) is 0 Å². The minimum Gasteiger partial charge on any atom is -0.460 e. The summed E-state index contributed by atoms with van der Waals surface area (Å²) in [5, 5.41) is 0.881. The van der Waals surface area contributed by atoms with Crippen LogP contribution >= 0.6 is 15.9 Å². The Balaban J connectivity index is 2.48. The Morgan fingerprint density at radius 3 is 2.31 bits per heavy atom. The van der Waals surface area contributed by atoms with Gasteiger partial charge in [0.25, 0.3) is 0 Å². The van der Waals surface area contributed by atoms with Gasteiger partial charge in [-0.3, -0.25) is 4.79 Å². The van der Waals surface area contributed by atoms with Gasteiger partial charge in [-0.15, -0.1) is 0 Å². The highest BCUT2D eigenvalue weighted by Gasteiger charge is 2.51. The van der Waals surface area contributed by atoms with E-state index in [4.69, 9.17) is 4.74 Å². The summed E-state index contributed by atoms with van der Waals surface area (Å²) in [4.78, 5) is 11.7. The lowest BCUT2D eigenvalue weighted by molar-refractivity contribution is -0.161. The molecule has 0 atom stereocenters. The molecule has 1 saturated carbocycles. The molecule has 0 aromatic carbocycles. The molecule has 0 saturated heterocycles. The van der Waals surface area contributed by atoms with E-state index in [0.717, 1.165) is 24.6 Å². The van der Waals surface area contributed by atoms with Gasteiger partial charge in [-0.1, -0.05) is 15.9 Å². The van der Waals surface area contributed by atoms with Gasteiger partial charge in [-0.2, -0.15) is 0 Å². The number of rotatable bonds is 3. The van der Waals surface area contributed by atoms with Crippen LogP contribution in [0.15, 0.2) is 0 Å². The van der Waals surface area contributed by atoms with Crippen LogP contribution in [0, 0.1) is 5.41 Å². The number of hydrogen-bond acceptors (Lipinski definition) is 2. The molecule has 76 valence electrons. The highest BCUT2D eigenvalue weighted by molar-refractivity contribution is 9.09. The molecule has 1 fully saturated rings. The maximum absolute atomic E-state index is 11.7. The molecule has 0 heterocycles. The summed E-state index contributed by atoms with van der Waals surface area (Å²) < 4.78 is 5.36. The Kier molecular flexibility index (Phi) is 3.05. The number of carbonyl (C=O) groups excluding carboxylic acids is 1. The molecule has 13 heavy (non-hydrogen) atoms. The fourth-order valence-corrected chi connectivity index (χ4v) is 2.03. The van der Waals surface area contributed by atoms with Crippen LogP contribution in [0.1, 0.15) is 40.0 Å². The fraction of sp³-hybridized carbons (Fsp3) is 0.900. The van der Waals surface area contributed by atoms with Gasteiger partial charge in [0.05, 0.1) is 5.41 Å². The van der Waals surface area contributed by atoms with Gasteiger partial charge < -0.3 is 4.74 Å². The predicted octanol–water partition coefficient (Wildman–Crippen LogP) is 2.89. The number of ether oxygens (including phenoxy) is 1. The van der Waals surface area contributed by atoms with Gasteiger partial charge >= 0.3 is 5.97 Å². The molecule has 0 bridgehead atoms. The Morgan fingerprint density at radius 2 is 2.00 bits per heavy atom. The summed E-state index contributed by atoms with van der Waals surface area (Å²) in [5.41, 5.74) is -0.490. The lowest BCUT2D eigenvalue weighted by Gasteiger charge is -2.23. The minimum absolute atomic E-state index is 0.0144. The van der Waals surface area contributed by atoms with Crippen molar-refractivity contribution in [3.05, 3.63) is 0 Å². The van der Waals surface area contributed by atoms with E-state index < -0.39 is 0 Å². The first-order chi connectivity index (χ1) is 5.90. The zero-order chi connectivity index (χ0) is 10.1. The standard InChI is InChI=1S/C10H17BrO2/c1-9(2,3)13-8(12)10(4-5-10)6-7-11/h4-7H2,1-3H3. The molecule has 0 amide bonds. The lowest BCUT2D eigenvalue weighted by Crippen LogP contribution is -2.29. The zero-order valence-corrected chi connectivity index (χ0v) is 10.1. The third-order valence-electron chi connectivity index (χ3n) is 2.26. The summed E-state index contributed by atoms with van der Waals surface area (Å²) in [6, 6.07) is 0. The van der Waals surface area contributed by atoms with Crippen molar-refractivity contribution >= 4 is 21.9 Å². The zero-order valence-electron chi connectivity index (χ0n) is 8.52. The Morgan fingerprint density at radius 1 is 1.46 bits per heavy atom. The molecule has 0 unspecified atom stereocenters. The maximum Gasteiger partial charge on any atom is 0.312 e. The van der Waals surface area contributed by atoms with Gasteiger partial charge in [-0.25, -0.2) is 0 Å². The van der Waals surface area contributed by atoms with Crippen LogP contribution in [-0.4, -0.2) is 16.9 Å². The Bertz CT molecular complexity index is 201. The normalized spacial score (nSPS) is 19.7. The van der Waals surface area contributed by atoms with E-state index in [1.807, 2.05) is 20.8 Å². The van der Waals surface area contributed by atoms with Crippen molar-refractivity contribution in [3.8, 4) is 0 Å². The summed E-state index contributed by atoms with van der Waals surface area (Å²) in [6.45, 7) is 5.74. The molecule has 0 aromatic rings. The molecule has 1 rings (SSSR count). The van der Waals surface area contributed by atoms with Crippen LogP contribution in [0.4, 0.5) is 0 Å². The summed E-state index contributed by atoms with van der Waals surface area (Å²) in [7, 11) is 0. The Hall–Kier alpha value is -0.0500. The first-order valence-corrected chi connectivity index (χ1v) is 5.81. The third kappa shape index (κ3) is 2.97. The summed E-state index contributed by atoms with van der Waals surface area (Å²) in [5.74, 6) is -0.0144. The molecule has 0 aromatic heterocycles. The van der Waals surface area contributed by atoms with E-state index in [2.05, 4.69) is 15.9 Å². The second-order valence-corrected chi connectivity index (χ2v) is 5.51. The molecule has 1 aliphatic rings. The second kappa shape index (κ2) is 3.60. The highest BCUT2D eigenvalue weighted by atomic mass is 79.9. The van der Waals surface area contributed by atoms with Gasteiger partial charge in [0.2, 0.25) is 0 Å². The molecule has 3 heteroatoms. The van der Waals surface area contributed by atoms with Crippen LogP contribution < -0.4 is 0 Å². The first-order valence-electron chi connectivity index (χ1n) is 4.69. The molecule has 0 spiro atoms. The number of hydrogen-bond donors (Lipinski definition) is 0. The quantitative estimate of drug-likeness (QED) is 0.567. The van der Waals surface area contributed by atoms with Crippen LogP contribution in [0.25, 0.3) is 0 Å². The molecule has 1 aliphatic carbocycles. The predicted molar refractivity (Wildman–Crippen MR) is 55.9 cm³/mol. The van der Waals surface area contributed by atoms with Crippen LogP contribution in [0.3, 0.4) is 0 Å². The third-order valence-corrected chi connectivity index (χ3v) is 2.65. The average Bonchev–Trinajstić information content (AvgIpc) is 2.66. The molecule has 0 radical (unpaired) electrons. The van der Waals surface area contributed by atoms with E-state index in [1.54, 1.807) is 0 Å². The van der Waals surface area contributed by atoms with E-state index in [1.165, 1.54) is 0 Å². The van der Waals surface area contributed by atoms with Crippen LogP contribution in [-0.2, 0) is 9.53 Å². The van der Waals surface area contributed by atoms with Crippen molar-refractivity contribution in [2.45, 2.75) is 45.6 Å². The molecule has 0 aliphatic heterocycles. The molecular weight excluding hydrogens is 232 g/mol. The topological polar surface area (TPSA) is 26.3 Å². The molecular formula is C10H17BrO2. The van der Waals surface area contributed by atoms with Gasteiger partial charge in [0.1, 0.15) is 5.60 Å². The van der Waals surface area contributed by atoms with E-state index in [9.17, 15) is 4.79 Å². The Labute approximate surface area is 88.2 Å². The van der Waals surface area contributed by atoms with Crippen LogP contribution in [0.5, 0.6) is 0 Å². The maximum atomic E-state index is 11.7. The van der Waals surface area contributed by atoms with Crippen molar-refractivity contribution in [2.75, 3.05) is 5.33 Å².